The van der Waals surface area contributed by atoms with Crippen LogP contribution in [-0.2, 0) is 35.5 Å². The van der Waals surface area contributed by atoms with E-state index in [4.69, 9.17) is 23.8 Å². The minimum atomic E-state index is -0.175. The number of aromatic amines is 1. The van der Waals surface area contributed by atoms with E-state index >= 15 is 0 Å². The van der Waals surface area contributed by atoms with Gasteiger partial charge in [-0.05, 0) is 98.6 Å². The van der Waals surface area contributed by atoms with Gasteiger partial charge in [0.2, 0.25) is 11.8 Å². The topological polar surface area (TPSA) is 148 Å². The van der Waals surface area contributed by atoms with Gasteiger partial charge in [0.05, 0.1) is 5.75 Å². The van der Waals surface area contributed by atoms with E-state index in [0.717, 1.165) is 65.2 Å². The summed E-state index contributed by atoms with van der Waals surface area (Å²) in [6.07, 6.45) is 8.98. The number of anilines is 2. The lowest BCUT2D eigenvalue weighted by Gasteiger charge is -2.08. The Morgan fingerprint density at radius 2 is 1.26 bits per heavy atom. The van der Waals surface area contributed by atoms with E-state index < -0.39 is 0 Å². The minimum absolute atomic E-state index is 0.00444. The van der Waals surface area contributed by atoms with Crippen LogP contribution in [-0.4, -0.2) is 62.9 Å². The highest BCUT2D eigenvalue weighted by Gasteiger charge is 2.15. The van der Waals surface area contributed by atoms with Crippen molar-refractivity contribution in [3.63, 3.8) is 0 Å². The number of hydrogen-bond acceptors (Lipinski definition) is 9. The summed E-state index contributed by atoms with van der Waals surface area (Å²) in [6.45, 7) is 9.78. The largest absolute Gasteiger partial charge is 0.325 e. The minimum Gasteiger partial charge on any atom is -0.325 e. The summed E-state index contributed by atoms with van der Waals surface area (Å²) in [4.78, 5) is 31.3. The first-order valence-electron chi connectivity index (χ1n) is 17.1. The number of H-pyrrole nitrogens is 1. The lowest BCUT2D eigenvalue weighted by atomic mass is 10.1. The van der Waals surface area contributed by atoms with Gasteiger partial charge < -0.3 is 19.8 Å². The fourth-order valence-electron chi connectivity index (χ4n) is 4.88. The van der Waals surface area contributed by atoms with Gasteiger partial charge in [0.25, 0.3) is 0 Å². The number of thioether (sulfide) groups is 1. The Morgan fingerprint density at radius 1 is 0.736 bits per heavy atom. The van der Waals surface area contributed by atoms with Crippen LogP contribution in [0.15, 0.2) is 103 Å². The number of amides is 2. The molecule has 0 unspecified atom stereocenters. The van der Waals surface area contributed by atoms with E-state index in [1.807, 2.05) is 95.8 Å². The van der Waals surface area contributed by atoms with Crippen molar-refractivity contribution >= 4 is 58.8 Å². The Hall–Kier alpha value is -5.18. The number of aromatic nitrogens is 8. The zero-order chi connectivity index (χ0) is 38.0. The molecular formula is C38H43ClN10O2S2. The smallest absolute Gasteiger partial charge is 0.239 e. The quantitative estimate of drug-likeness (QED) is 0.0638. The number of pyridine rings is 2. The van der Waals surface area contributed by atoms with Gasteiger partial charge in [0.15, 0.2) is 21.6 Å². The zero-order valence-electron chi connectivity index (χ0n) is 30.1. The number of halogens is 1. The molecule has 0 aliphatic carbocycles. The Kier molecular flexibility index (Phi) is 16.4. The van der Waals surface area contributed by atoms with Crippen molar-refractivity contribution in [3.8, 4) is 22.8 Å². The van der Waals surface area contributed by atoms with Crippen LogP contribution in [0.25, 0.3) is 22.8 Å². The first-order chi connectivity index (χ1) is 25.8. The van der Waals surface area contributed by atoms with Gasteiger partial charge in [0.1, 0.15) is 5.88 Å². The molecule has 6 rings (SSSR count). The molecule has 4 heterocycles. The second-order valence-electron chi connectivity index (χ2n) is 11.3. The molecule has 0 fully saturated rings. The van der Waals surface area contributed by atoms with Crippen LogP contribution >= 0.6 is 35.6 Å². The molecule has 0 atom stereocenters. The van der Waals surface area contributed by atoms with E-state index in [1.165, 1.54) is 22.9 Å². The van der Waals surface area contributed by atoms with Crippen LogP contribution in [0.2, 0.25) is 0 Å². The van der Waals surface area contributed by atoms with Crippen molar-refractivity contribution in [2.45, 2.75) is 58.8 Å². The molecule has 3 N–H and O–H groups in total. The average molecular weight is 771 g/mol. The predicted octanol–water partition coefficient (Wildman–Crippen LogP) is 8.10. The van der Waals surface area contributed by atoms with Gasteiger partial charge in [-0.25, -0.2) is 0 Å². The monoisotopic (exact) mass is 770 g/mol. The van der Waals surface area contributed by atoms with Crippen LogP contribution in [0, 0.1) is 4.77 Å². The molecule has 0 saturated carbocycles. The SMILES string of the molecule is CCc1ccc(NC(=O)CCl)cc1.CCc1ccc(NC(=O)CSc2nnc(-c3cccnc3)n2CC)cc1.CCn1c(-c2cccnc2)n[nH]c1=S. The molecule has 0 saturated heterocycles. The normalized spacial score (nSPS) is 10.4. The standard InChI is InChI=1S/C19H21N5OS.C10H12ClNO.C9H10N4S/c1-3-14-7-9-16(10-8-14)21-17(25)13-26-19-23-22-18(24(19)4-2)15-6-5-11-20-12-15;1-2-8-3-5-9(6-4-8)12-10(13)7-11;1-2-13-8(11-12-9(13)14)7-4-3-5-10-6-7/h5-12H,3-4,13H2,1-2H3,(H,21,25);3-6H,2,7H2,1H3,(H,12,13);3-6H,2H2,1H3,(H,12,14). The molecule has 0 aliphatic heterocycles. The van der Waals surface area contributed by atoms with Crippen molar-refractivity contribution in [2.24, 2.45) is 0 Å². The summed E-state index contributed by atoms with van der Waals surface area (Å²) in [5.41, 5.74) is 5.99. The van der Waals surface area contributed by atoms with Crippen LogP contribution in [0.3, 0.4) is 0 Å². The van der Waals surface area contributed by atoms with E-state index in [0.29, 0.717) is 4.77 Å². The molecule has 2 aromatic carbocycles. The summed E-state index contributed by atoms with van der Waals surface area (Å²) in [7, 11) is 0. The van der Waals surface area contributed by atoms with Crippen LogP contribution in [0.1, 0.15) is 38.8 Å². The summed E-state index contributed by atoms with van der Waals surface area (Å²) in [5, 5.41) is 21.7. The van der Waals surface area contributed by atoms with Crippen molar-refractivity contribution in [1.82, 2.24) is 39.5 Å². The van der Waals surface area contributed by atoms with Gasteiger partial charge in [-0.2, -0.15) is 5.10 Å². The highest BCUT2D eigenvalue weighted by atomic mass is 35.5. The lowest BCUT2D eigenvalue weighted by molar-refractivity contribution is -0.114. The van der Waals surface area contributed by atoms with Crippen LogP contribution < -0.4 is 10.6 Å². The summed E-state index contributed by atoms with van der Waals surface area (Å²) >= 11 is 11.8. The molecule has 0 bridgehead atoms. The number of nitrogens with one attached hydrogen (secondary N) is 3. The molecule has 12 nitrogen and oxygen atoms in total. The van der Waals surface area contributed by atoms with Crippen molar-refractivity contribution in [2.75, 3.05) is 22.3 Å². The number of alkyl halides is 1. The molecule has 6 aromatic rings. The number of hydrogen-bond donors (Lipinski definition) is 3. The lowest BCUT2D eigenvalue weighted by Crippen LogP contribution is -2.14. The maximum Gasteiger partial charge on any atom is 0.239 e. The Balaban J connectivity index is 0.000000196. The third-order valence-corrected chi connectivity index (χ3v) is 9.21. The average Bonchev–Trinajstić information content (AvgIpc) is 3.81. The van der Waals surface area contributed by atoms with E-state index in [9.17, 15) is 9.59 Å². The Morgan fingerprint density at radius 3 is 1.74 bits per heavy atom. The molecular weight excluding hydrogens is 728 g/mol. The molecule has 0 radical (unpaired) electrons. The summed E-state index contributed by atoms with van der Waals surface area (Å²) in [6, 6.07) is 23.3. The molecule has 4 aromatic heterocycles. The Labute approximate surface area is 323 Å². The van der Waals surface area contributed by atoms with Gasteiger partial charge in [-0.15, -0.1) is 21.8 Å². The van der Waals surface area contributed by atoms with E-state index in [1.54, 1.807) is 24.8 Å². The van der Waals surface area contributed by atoms with Crippen LogP contribution in [0.4, 0.5) is 11.4 Å². The number of carbonyl (C=O) groups excluding carboxylic acids is 2. The third kappa shape index (κ3) is 12.2. The second kappa shape index (κ2) is 21.4. The van der Waals surface area contributed by atoms with Crippen molar-refractivity contribution < 1.29 is 9.59 Å². The maximum absolute atomic E-state index is 12.2. The molecule has 15 heteroatoms. The predicted molar refractivity (Wildman–Crippen MR) is 216 cm³/mol. The maximum atomic E-state index is 12.2. The molecule has 2 amide bonds. The van der Waals surface area contributed by atoms with Gasteiger partial charge in [-0.3, -0.25) is 24.7 Å². The first kappa shape index (κ1) is 40.6. The number of carbonyl (C=O) groups is 2. The number of aryl methyl sites for hydroxylation is 2. The van der Waals surface area contributed by atoms with E-state index in [-0.39, 0.29) is 23.4 Å². The molecule has 276 valence electrons. The fourth-order valence-corrected chi connectivity index (χ4v) is 6.02. The third-order valence-electron chi connectivity index (χ3n) is 7.69. The van der Waals surface area contributed by atoms with Crippen molar-refractivity contribution in [1.29, 1.82) is 0 Å². The van der Waals surface area contributed by atoms with E-state index in [2.05, 4.69) is 54.8 Å². The second-order valence-corrected chi connectivity index (χ2v) is 12.8. The summed E-state index contributed by atoms with van der Waals surface area (Å²) < 4.78 is 4.57. The number of rotatable bonds is 12. The number of benzene rings is 2. The molecule has 0 aliphatic rings. The first-order valence-corrected chi connectivity index (χ1v) is 19.1. The molecule has 0 spiro atoms. The summed E-state index contributed by atoms with van der Waals surface area (Å²) in [5.74, 6) is 1.64. The molecule has 53 heavy (non-hydrogen) atoms. The highest BCUT2D eigenvalue weighted by Crippen LogP contribution is 2.23. The Bertz CT molecular complexity index is 2070. The van der Waals surface area contributed by atoms with Gasteiger partial charge >= 0.3 is 0 Å². The number of nitrogens with zero attached hydrogens (tertiary/aromatic N) is 7. The van der Waals surface area contributed by atoms with Crippen molar-refractivity contribution in [3.05, 3.63) is 113 Å². The fraction of sp³-hybridized carbons (Fsp3) is 0.263. The highest BCUT2D eigenvalue weighted by molar-refractivity contribution is 7.99. The zero-order valence-corrected chi connectivity index (χ0v) is 32.5. The van der Waals surface area contributed by atoms with Gasteiger partial charge in [0, 0.05) is 60.4 Å². The van der Waals surface area contributed by atoms with Gasteiger partial charge in [-0.1, -0.05) is 49.9 Å². The van der Waals surface area contributed by atoms with Crippen LogP contribution in [0.5, 0.6) is 0 Å².